The predicted octanol–water partition coefficient (Wildman–Crippen LogP) is 3.34. The predicted molar refractivity (Wildman–Crippen MR) is 96.5 cm³/mol. The van der Waals surface area contributed by atoms with Gasteiger partial charge >= 0.3 is 0 Å². The molecule has 3 rings (SSSR count). The van der Waals surface area contributed by atoms with Crippen molar-refractivity contribution in [3.05, 3.63) is 65.5 Å². The van der Waals surface area contributed by atoms with Crippen molar-refractivity contribution in [2.24, 2.45) is 5.73 Å². The quantitative estimate of drug-likeness (QED) is 0.697. The number of benzene rings is 2. The van der Waals surface area contributed by atoms with E-state index < -0.39 is 0 Å². The van der Waals surface area contributed by atoms with Gasteiger partial charge in [-0.2, -0.15) is 0 Å². The highest BCUT2D eigenvalue weighted by atomic mass is 32.2. The molecule has 0 bridgehead atoms. The van der Waals surface area contributed by atoms with Crippen molar-refractivity contribution in [1.82, 2.24) is 14.8 Å². The minimum absolute atomic E-state index is 0.348. The van der Waals surface area contributed by atoms with E-state index in [0.29, 0.717) is 6.54 Å². The first-order chi connectivity index (χ1) is 11.7. The molecule has 0 amide bonds. The summed E-state index contributed by atoms with van der Waals surface area (Å²) in [5.41, 5.74) is 9.24. The van der Waals surface area contributed by atoms with Gasteiger partial charge in [0, 0.05) is 11.4 Å². The fraction of sp³-hybridized carbons (Fsp3) is 0.222. The summed E-state index contributed by atoms with van der Waals surface area (Å²) in [7, 11) is 1.67. The van der Waals surface area contributed by atoms with E-state index in [2.05, 4.69) is 47.5 Å². The SMILES string of the molecule is COc1cccc(CSc2nnc(CN)n2-c2ccc(C)cc2)c1. The molecule has 0 saturated heterocycles. The Morgan fingerprint density at radius 2 is 1.92 bits per heavy atom. The molecule has 0 aliphatic heterocycles. The Balaban J connectivity index is 1.85. The third kappa shape index (κ3) is 3.60. The highest BCUT2D eigenvalue weighted by molar-refractivity contribution is 7.98. The van der Waals surface area contributed by atoms with E-state index >= 15 is 0 Å². The first kappa shape index (κ1) is 16.5. The van der Waals surface area contributed by atoms with Crippen molar-refractivity contribution in [2.75, 3.05) is 7.11 Å². The van der Waals surface area contributed by atoms with Crippen molar-refractivity contribution in [3.63, 3.8) is 0 Å². The number of rotatable bonds is 6. The highest BCUT2D eigenvalue weighted by Gasteiger charge is 2.13. The Morgan fingerprint density at radius 3 is 2.62 bits per heavy atom. The lowest BCUT2D eigenvalue weighted by Gasteiger charge is -2.10. The monoisotopic (exact) mass is 340 g/mol. The second-order valence-corrected chi connectivity index (χ2v) is 6.36. The number of methoxy groups -OCH3 is 1. The van der Waals surface area contributed by atoms with Gasteiger partial charge in [0.1, 0.15) is 5.75 Å². The molecule has 124 valence electrons. The molecule has 0 unspecified atom stereocenters. The van der Waals surface area contributed by atoms with Crippen molar-refractivity contribution in [2.45, 2.75) is 24.4 Å². The van der Waals surface area contributed by atoms with Crippen molar-refractivity contribution in [3.8, 4) is 11.4 Å². The lowest BCUT2D eigenvalue weighted by Crippen LogP contribution is -2.07. The lowest BCUT2D eigenvalue weighted by molar-refractivity contribution is 0.414. The number of thioether (sulfide) groups is 1. The van der Waals surface area contributed by atoms with Crippen molar-refractivity contribution in [1.29, 1.82) is 0 Å². The molecule has 0 saturated carbocycles. The Bertz CT molecular complexity index is 814. The van der Waals surface area contributed by atoms with E-state index in [1.54, 1.807) is 18.9 Å². The van der Waals surface area contributed by atoms with Gasteiger partial charge < -0.3 is 10.5 Å². The second kappa shape index (κ2) is 7.51. The van der Waals surface area contributed by atoms with Crippen LogP contribution in [0.15, 0.2) is 53.7 Å². The second-order valence-electron chi connectivity index (χ2n) is 5.41. The van der Waals surface area contributed by atoms with Gasteiger partial charge in [0.15, 0.2) is 11.0 Å². The number of ether oxygens (including phenoxy) is 1. The third-order valence-corrected chi connectivity index (χ3v) is 4.68. The zero-order chi connectivity index (χ0) is 16.9. The maximum absolute atomic E-state index is 5.83. The molecule has 2 aromatic carbocycles. The molecular formula is C18H20N4OS. The molecule has 0 fully saturated rings. The van der Waals surface area contributed by atoms with Crippen LogP contribution in [0, 0.1) is 6.92 Å². The molecule has 0 radical (unpaired) electrons. The number of hydrogen-bond donors (Lipinski definition) is 1. The zero-order valence-corrected chi connectivity index (χ0v) is 14.6. The Hall–Kier alpha value is -2.31. The van der Waals surface area contributed by atoms with E-state index in [4.69, 9.17) is 10.5 Å². The average Bonchev–Trinajstić information content (AvgIpc) is 3.04. The van der Waals surface area contributed by atoms with Gasteiger partial charge in [-0.1, -0.05) is 41.6 Å². The van der Waals surface area contributed by atoms with Gasteiger partial charge in [0.25, 0.3) is 0 Å². The van der Waals surface area contributed by atoms with Crippen molar-refractivity contribution >= 4 is 11.8 Å². The summed E-state index contributed by atoms with van der Waals surface area (Å²) in [6, 6.07) is 16.3. The number of nitrogens with two attached hydrogens (primary N) is 1. The lowest BCUT2D eigenvalue weighted by atomic mass is 10.2. The summed E-state index contributed by atoms with van der Waals surface area (Å²) >= 11 is 1.63. The molecule has 6 heteroatoms. The van der Waals surface area contributed by atoms with Gasteiger partial charge in [-0.25, -0.2) is 0 Å². The number of aromatic nitrogens is 3. The maximum atomic E-state index is 5.83. The van der Waals surface area contributed by atoms with E-state index in [-0.39, 0.29) is 0 Å². The van der Waals surface area contributed by atoms with Crippen LogP contribution in [0.4, 0.5) is 0 Å². The van der Waals surface area contributed by atoms with E-state index in [0.717, 1.165) is 28.2 Å². The first-order valence-electron chi connectivity index (χ1n) is 7.68. The molecule has 2 N–H and O–H groups in total. The first-order valence-corrected chi connectivity index (χ1v) is 8.67. The average molecular weight is 340 g/mol. The van der Waals surface area contributed by atoms with Crippen LogP contribution in [0.25, 0.3) is 5.69 Å². The van der Waals surface area contributed by atoms with Crippen LogP contribution < -0.4 is 10.5 Å². The number of hydrogen-bond acceptors (Lipinski definition) is 5. The molecule has 0 spiro atoms. The summed E-state index contributed by atoms with van der Waals surface area (Å²) in [5, 5.41) is 9.37. The van der Waals surface area contributed by atoms with Crippen LogP contribution in [-0.4, -0.2) is 21.9 Å². The molecule has 0 atom stereocenters. The van der Waals surface area contributed by atoms with Gasteiger partial charge in [0.05, 0.1) is 13.7 Å². The molecule has 5 nitrogen and oxygen atoms in total. The Morgan fingerprint density at radius 1 is 1.12 bits per heavy atom. The largest absolute Gasteiger partial charge is 0.497 e. The van der Waals surface area contributed by atoms with Crippen molar-refractivity contribution < 1.29 is 4.74 Å². The van der Waals surface area contributed by atoms with Crippen LogP contribution in [0.2, 0.25) is 0 Å². The summed E-state index contributed by atoms with van der Waals surface area (Å²) < 4.78 is 7.29. The fourth-order valence-electron chi connectivity index (χ4n) is 2.39. The van der Waals surface area contributed by atoms with Gasteiger partial charge in [0.2, 0.25) is 0 Å². The third-order valence-electron chi connectivity index (χ3n) is 3.68. The number of nitrogens with zero attached hydrogens (tertiary/aromatic N) is 3. The molecule has 0 aliphatic rings. The molecule has 1 aromatic heterocycles. The highest BCUT2D eigenvalue weighted by Crippen LogP contribution is 2.26. The standard InChI is InChI=1S/C18H20N4OS/c1-13-6-8-15(9-7-13)22-17(11-19)20-21-18(22)24-12-14-4-3-5-16(10-14)23-2/h3-10H,11-12,19H2,1-2H3. The molecular weight excluding hydrogens is 320 g/mol. The summed E-state index contributed by atoms with van der Waals surface area (Å²) in [4.78, 5) is 0. The van der Waals surface area contributed by atoms with Gasteiger partial charge in [-0.05, 0) is 36.8 Å². The number of aryl methyl sites for hydroxylation is 1. The van der Waals surface area contributed by atoms with E-state index in [1.807, 2.05) is 22.8 Å². The van der Waals surface area contributed by atoms with E-state index in [9.17, 15) is 0 Å². The summed E-state index contributed by atoms with van der Waals surface area (Å²) in [6.45, 7) is 2.42. The van der Waals surface area contributed by atoms with Crippen LogP contribution in [-0.2, 0) is 12.3 Å². The van der Waals surface area contributed by atoms with Crippen LogP contribution in [0.5, 0.6) is 5.75 Å². The van der Waals surface area contributed by atoms with E-state index in [1.165, 1.54) is 11.1 Å². The minimum Gasteiger partial charge on any atom is -0.497 e. The Labute approximate surface area is 145 Å². The Kier molecular flexibility index (Phi) is 5.17. The summed E-state index contributed by atoms with van der Waals surface area (Å²) in [5.74, 6) is 2.40. The topological polar surface area (TPSA) is 66.0 Å². The van der Waals surface area contributed by atoms with Crippen LogP contribution >= 0.6 is 11.8 Å². The van der Waals surface area contributed by atoms with Gasteiger partial charge in [-0.3, -0.25) is 4.57 Å². The minimum atomic E-state index is 0.348. The summed E-state index contributed by atoms with van der Waals surface area (Å²) in [6.07, 6.45) is 0. The molecule has 24 heavy (non-hydrogen) atoms. The normalized spacial score (nSPS) is 10.8. The smallest absolute Gasteiger partial charge is 0.196 e. The van der Waals surface area contributed by atoms with Gasteiger partial charge in [-0.15, -0.1) is 10.2 Å². The van der Waals surface area contributed by atoms with Crippen LogP contribution in [0.3, 0.4) is 0 Å². The van der Waals surface area contributed by atoms with Crippen LogP contribution in [0.1, 0.15) is 17.0 Å². The molecule has 1 heterocycles. The molecule has 0 aliphatic carbocycles. The maximum Gasteiger partial charge on any atom is 0.196 e. The zero-order valence-electron chi connectivity index (χ0n) is 13.8. The fourth-order valence-corrected chi connectivity index (χ4v) is 3.30. The molecule has 3 aromatic rings.